The van der Waals surface area contributed by atoms with Crippen LogP contribution in [0.5, 0.6) is 17.2 Å². The molecule has 3 aromatic rings. The first-order chi connectivity index (χ1) is 18.6. The third kappa shape index (κ3) is 5.23. The molecule has 0 aliphatic carbocycles. The number of carbonyl (C=O) groups is 2. The molecular weight excluding hydrogens is 482 g/mol. The summed E-state index contributed by atoms with van der Waals surface area (Å²) in [5.41, 5.74) is 2.18. The fraction of sp³-hybridized carbons (Fsp3) is 0.290. The number of nitrogens with zero attached hydrogens (tertiary/aromatic N) is 1. The van der Waals surface area contributed by atoms with E-state index in [1.807, 2.05) is 54.6 Å². The van der Waals surface area contributed by atoms with Crippen LogP contribution >= 0.6 is 0 Å². The molecule has 2 heterocycles. The molecule has 1 fully saturated rings. The highest BCUT2D eigenvalue weighted by molar-refractivity contribution is 6.46. The molecule has 0 unspecified atom stereocenters. The van der Waals surface area contributed by atoms with E-state index in [0.717, 1.165) is 18.4 Å². The van der Waals surface area contributed by atoms with Gasteiger partial charge in [-0.2, -0.15) is 0 Å². The number of aliphatic hydroxyl groups excluding tert-OH is 1. The van der Waals surface area contributed by atoms with Gasteiger partial charge in [0.2, 0.25) is 0 Å². The highest BCUT2D eigenvalue weighted by atomic mass is 16.6. The van der Waals surface area contributed by atoms with Crippen molar-refractivity contribution in [2.24, 2.45) is 0 Å². The topological polar surface area (TPSA) is 85.3 Å². The Morgan fingerprint density at radius 1 is 0.974 bits per heavy atom. The number of aliphatic hydroxyl groups is 1. The summed E-state index contributed by atoms with van der Waals surface area (Å²) in [7, 11) is 0. The Kier molecular flexibility index (Phi) is 7.63. The maximum absolute atomic E-state index is 13.4. The summed E-state index contributed by atoms with van der Waals surface area (Å²) in [5, 5.41) is 11.4. The number of hydrogen-bond acceptors (Lipinski definition) is 6. The van der Waals surface area contributed by atoms with Crippen LogP contribution in [0.1, 0.15) is 42.5 Å². The lowest BCUT2D eigenvalue weighted by atomic mass is 9.95. The van der Waals surface area contributed by atoms with Crippen molar-refractivity contribution >= 4 is 17.4 Å². The van der Waals surface area contributed by atoms with E-state index in [9.17, 15) is 14.7 Å². The van der Waals surface area contributed by atoms with Gasteiger partial charge in [-0.25, -0.2) is 0 Å². The molecule has 196 valence electrons. The number of unbranched alkanes of at least 4 members (excludes halogenated alkanes) is 1. The molecule has 0 spiro atoms. The molecule has 0 radical (unpaired) electrons. The van der Waals surface area contributed by atoms with Crippen LogP contribution in [0.25, 0.3) is 5.76 Å². The number of ether oxygens (including phenoxy) is 3. The van der Waals surface area contributed by atoms with Gasteiger partial charge < -0.3 is 24.2 Å². The van der Waals surface area contributed by atoms with Crippen LogP contribution in [-0.2, 0) is 16.0 Å². The Morgan fingerprint density at radius 2 is 1.76 bits per heavy atom. The second-order valence-electron chi connectivity index (χ2n) is 9.36. The van der Waals surface area contributed by atoms with Gasteiger partial charge in [-0.3, -0.25) is 9.59 Å². The molecule has 7 heteroatoms. The van der Waals surface area contributed by atoms with Crippen molar-refractivity contribution in [2.75, 3.05) is 26.4 Å². The van der Waals surface area contributed by atoms with Crippen molar-refractivity contribution in [2.45, 2.75) is 32.2 Å². The third-order valence-corrected chi connectivity index (χ3v) is 6.78. The molecule has 0 aromatic heterocycles. The molecule has 38 heavy (non-hydrogen) atoms. The lowest BCUT2D eigenvalue weighted by molar-refractivity contribution is -0.139. The third-order valence-electron chi connectivity index (χ3n) is 6.78. The Balaban J connectivity index is 1.55. The predicted octanol–water partition coefficient (Wildman–Crippen LogP) is 5.30. The van der Waals surface area contributed by atoms with Gasteiger partial charge >= 0.3 is 0 Å². The molecule has 1 saturated heterocycles. The minimum atomic E-state index is -0.762. The Morgan fingerprint density at radius 3 is 2.55 bits per heavy atom. The average molecular weight is 514 g/mol. The molecule has 0 bridgehead atoms. The van der Waals surface area contributed by atoms with E-state index >= 15 is 0 Å². The zero-order valence-corrected chi connectivity index (χ0v) is 21.4. The Bertz CT molecular complexity index is 1350. The fourth-order valence-electron chi connectivity index (χ4n) is 4.81. The van der Waals surface area contributed by atoms with Gasteiger partial charge in [0, 0.05) is 12.1 Å². The zero-order valence-electron chi connectivity index (χ0n) is 21.4. The molecule has 0 saturated carbocycles. The number of ketones is 1. The number of likely N-dealkylation sites (tertiary alicyclic amines) is 1. The van der Waals surface area contributed by atoms with E-state index in [2.05, 4.69) is 6.92 Å². The van der Waals surface area contributed by atoms with Gasteiger partial charge in [-0.1, -0.05) is 55.8 Å². The van der Waals surface area contributed by atoms with Crippen molar-refractivity contribution in [3.63, 3.8) is 0 Å². The highest BCUT2D eigenvalue weighted by Crippen LogP contribution is 2.41. The summed E-state index contributed by atoms with van der Waals surface area (Å²) >= 11 is 0. The van der Waals surface area contributed by atoms with Gasteiger partial charge in [0.15, 0.2) is 11.5 Å². The van der Waals surface area contributed by atoms with Crippen molar-refractivity contribution < 1.29 is 28.9 Å². The first-order valence-corrected chi connectivity index (χ1v) is 13.0. The zero-order chi connectivity index (χ0) is 26.5. The SMILES string of the molecule is CCCCOc1cccc([C@@H]2C(=C(O)c3ccc4c(c3)OCCO4)C(=O)C(=O)N2CCc2ccccc2)c1. The minimum Gasteiger partial charge on any atom is -0.507 e. The maximum Gasteiger partial charge on any atom is 0.295 e. The second kappa shape index (κ2) is 11.4. The number of hydrogen-bond donors (Lipinski definition) is 1. The predicted molar refractivity (Wildman–Crippen MR) is 143 cm³/mol. The molecule has 2 aliphatic heterocycles. The highest BCUT2D eigenvalue weighted by Gasteiger charge is 2.46. The number of Topliss-reactive ketones (excluding diaryl/α,β-unsaturated/α-hetero) is 1. The fourth-order valence-corrected chi connectivity index (χ4v) is 4.81. The summed E-state index contributed by atoms with van der Waals surface area (Å²) in [5.74, 6) is 0.120. The smallest absolute Gasteiger partial charge is 0.295 e. The van der Waals surface area contributed by atoms with Gasteiger partial charge in [0.05, 0.1) is 18.2 Å². The maximum atomic E-state index is 13.4. The standard InChI is InChI=1S/C31H31NO6/c1-2-3-16-36-24-11-7-10-22(19-24)28-27(29(33)23-12-13-25-26(20-23)38-18-17-37-25)30(34)31(35)32(28)15-14-21-8-5-4-6-9-21/h4-13,19-20,28,33H,2-3,14-18H2,1H3/t28-/m1/s1. The average Bonchev–Trinajstić information content (AvgIpc) is 3.21. The van der Waals surface area contributed by atoms with Crippen LogP contribution in [-0.4, -0.2) is 48.1 Å². The van der Waals surface area contributed by atoms with Gasteiger partial charge in [0.25, 0.3) is 11.7 Å². The number of rotatable bonds is 9. The summed E-state index contributed by atoms with van der Waals surface area (Å²) in [6, 6.07) is 21.5. The van der Waals surface area contributed by atoms with Crippen molar-refractivity contribution in [3.8, 4) is 17.2 Å². The first kappa shape index (κ1) is 25.4. The number of carbonyl (C=O) groups excluding carboxylic acids is 2. The van der Waals surface area contributed by atoms with E-state index in [4.69, 9.17) is 14.2 Å². The van der Waals surface area contributed by atoms with E-state index in [0.29, 0.717) is 61.2 Å². The molecule has 7 nitrogen and oxygen atoms in total. The van der Waals surface area contributed by atoms with Crippen LogP contribution in [0, 0.1) is 0 Å². The second-order valence-corrected chi connectivity index (χ2v) is 9.36. The quantitative estimate of drug-likeness (QED) is 0.181. The summed E-state index contributed by atoms with van der Waals surface area (Å²) in [6.07, 6.45) is 2.50. The molecule has 2 aliphatic rings. The lowest BCUT2D eigenvalue weighted by Gasteiger charge is -2.26. The first-order valence-electron chi connectivity index (χ1n) is 13.0. The summed E-state index contributed by atoms with van der Waals surface area (Å²) < 4.78 is 17.2. The molecular formula is C31H31NO6. The lowest BCUT2D eigenvalue weighted by Crippen LogP contribution is -2.31. The van der Waals surface area contributed by atoms with Crippen molar-refractivity contribution in [1.29, 1.82) is 0 Å². The number of amides is 1. The molecule has 3 aromatic carbocycles. The minimum absolute atomic E-state index is 0.0467. The number of benzene rings is 3. The van der Waals surface area contributed by atoms with Gasteiger partial charge in [-0.15, -0.1) is 0 Å². The van der Waals surface area contributed by atoms with E-state index < -0.39 is 17.7 Å². The molecule has 1 atom stereocenters. The number of fused-ring (bicyclic) bond motifs is 1. The molecule has 1 amide bonds. The van der Waals surface area contributed by atoms with Crippen LogP contribution in [0.15, 0.2) is 78.4 Å². The molecule has 1 N–H and O–H groups in total. The van der Waals surface area contributed by atoms with Crippen LogP contribution < -0.4 is 14.2 Å². The Labute approximate surface area is 222 Å². The van der Waals surface area contributed by atoms with E-state index in [1.54, 1.807) is 23.1 Å². The van der Waals surface area contributed by atoms with Gasteiger partial charge in [-0.05, 0) is 54.3 Å². The summed E-state index contributed by atoms with van der Waals surface area (Å²) in [4.78, 5) is 28.3. The normalized spacial score (nSPS) is 18.0. The Hall–Kier alpha value is -4.26. The van der Waals surface area contributed by atoms with Crippen molar-refractivity contribution in [1.82, 2.24) is 4.90 Å². The van der Waals surface area contributed by atoms with Crippen LogP contribution in [0.3, 0.4) is 0 Å². The van der Waals surface area contributed by atoms with E-state index in [1.165, 1.54) is 0 Å². The molecule has 5 rings (SSSR count). The van der Waals surface area contributed by atoms with E-state index in [-0.39, 0.29) is 11.3 Å². The van der Waals surface area contributed by atoms with Crippen LogP contribution in [0.2, 0.25) is 0 Å². The summed E-state index contributed by atoms with van der Waals surface area (Å²) in [6.45, 7) is 3.83. The van der Waals surface area contributed by atoms with Gasteiger partial charge in [0.1, 0.15) is 24.7 Å². The largest absolute Gasteiger partial charge is 0.507 e. The van der Waals surface area contributed by atoms with Crippen molar-refractivity contribution in [3.05, 3.63) is 95.1 Å². The van der Waals surface area contributed by atoms with Crippen LogP contribution in [0.4, 0.5) is 0 Å². The monoisotopic (exact) mass is 513 g/mol.